The number of carbonyl (C=O) groups excluding carboxylic acids is 2. The Balaban J connectivity index is 2.29. The molecule has 0 fully saturated rings. The number of amides is 1. The summed E-state index contributed by atoms with van der Waals surface area (Å²) in [6.07, 6.45) is -1.33. The van der Waals surface area contributed by atoms with Crippen LogP contribution >= 0.6 is 0 Å². The zero-order chi connectivity index (χ0) is 22.1. The lowest BCUT2D eigenvalue weighted by molar-refractivity contribution is -0.128. The standard InChI is InChI=1S/C21H22N2O6S/c1-3-14(17(24)20-23-15-11-7-8-12-16(15)29-20)21(30(2,27)28,18(25)19(22)26)13-9-5-4-6-10-13/h4-12,14,18,25H,3H2,1-2H3,(H2,22,26)/t14-,18?,21?/m0/s1. The van der Waals surface area contributed by atoms with Gasteiger partial charge in [-0.25, -0.2) is 13.4 Å². The number of primary amides is 1. The van der Waals surface area contributed by atoms with Gasteiger partial charge in [0, 0.05) is 6.26 Å². The number of para-hydroxylation sites is 2. The topological polar surface area (TPSA) is 141 Å². The largest absolute Gasteiger partial charge is 0.434 e. The second-order valence-corrected chi connectivity index (χ2v) is 9.27. The maximum absolute atomic E-state index is 13.5. The SMILES string of the molecule is CC[C@@H](C(=O)c1nc2ccccc2o1)C(c1ccccc1)(C(O)C(N)=O)S(C)(=O)=O. The molecule has 0 aliphatic heterocycles. The van der Waals surface area contributed by atoms with Crippen molar-refractivity contribution in [3.63, 3.8) is 0 Å². The van der Waals surface area contributed by atoms with E-state index in [0.29, 0.717) is 11.1 Å². The minimum atomic E-state index is -4.26. The molecule has 3 aromatic rings. The van der Waals surface area contributed by atoms with Gasteiger partial charge < -0.3 is 15.3 Å². The van der Waals surface area contributed by atoms with Gasteiger partial charge in [0.2, 0.25) is 11.7 Å². The van der Waals surface area contributed by atoms with E-state index in [4.69, 9.17) is 10.2 Å². The predicted molar refractivity (Wildman–Crippen MR) is 110 cm³/mol. The van der Waals surface area contributed by atoms with Crippen LogP contribution in [0.3, 0.4) is 0 Å². The Labute approximate surface area is 173 Å². The Morgan fingerprint density at radius 3 is 2.27 bits per heavy atom. The number of aliphatic hydroxyl groups is 1. The van der Waals surface area contributed by atoms with Crippen molar-refractivity contribution in [3.05, 3.63) is 66.1 Å². The smallest absolute Gasteiger partial charge is 0.264 e. The van der Waals surface area contributed by atoms with E-state index >= 15 is 0 Å². The van der Waals surface area contributed by atoms with Crippen molar-refractivity contribution in [1.29, 1.82) is 0 Å². The van der Waals surface area contributed by atoms with Crippen molar-refractivity contribution >= 4 is 32.6 Å². The molecular weight excluding hydrogens is 408 g/mol. The number of Topliss-reactive ketones (excluding diaryl/α,β-unsaturated/α-hetero) is 1. The number of nitrogens with two attached hydrogens (primary N) is 1. The van der Waals surface area contributed by atoms with Gasteiger partial charge in [-0.1, -0.05) is 49.4 Å². The number of fused-ring (bicyclic) bond motifs is 1. The van der Waals surface area contributed by atoms with Crippen LogP contribution < -0.4 is 5.73 Å². The Morgan fingerprint density at radius 2 is 1.73 bits per heavy atom. The highest BCUT2D eigenvalue weighted by Gasteiger charge is 2.59. The zero-order valence-electron chi connectivity index (χ0n) is 16.5. The van der Waals surface area contributed by atoms with E-state index in [9.17, 15) is 23.1 Å². The molecule has 0 aliphatic rings. The zero-order valence-corrected chi connectivity index (χ0v) is 17.3. The van der Waals surface area contributed by atoms with Gasteiger partial charge in [-0.3, -0.25) is 9.59 Å². The average Bonchev–Trinajstić information content (AvgIpc) is 3.15. The molecule has 3 N–H and O–H groups in total. The van der Waals surface area contributed by atoms with Crippen LogP contribution in [0.5, 0.6) is 0 Å². The Morgan fingerprint density at radius 1 is 1.13 bits per heavy atom. The van der Waals surface area contributed by atoms with Crippen molar-refractivity contribution in [2.75, 3.05) is 6.26 Å². The lowest BCUT2D eigenvalue weighted by Crippen LogP contribution is -2.58. The quantitative estimate of drug-likeness (QED) is 0.519. The molecule has 2 aromatic carbocycles. The molecule has 2 unspecified atom stereocenters. The van der Waals surface area contributed by atoms with E-state index in [1.807, 2.05) is 0 Å². The fraction of sp³-hybridized carbons (Fsp3) is 0.286. The van der Waals surface area contributed by atoms with Gasteiger partial charge in [0.25, 0.3) is 5.89 Å². The lowest BCUT2D eigenvalue weighted by atomic mass is 9.76. The maximum Gasteiger partial charge on any atom is 0.264 e. The van der Waals surface area contributed by atoms with Crippen molar-refractivity contribution in [3.8, 4) is 0 Å². The first-order chi connectivity index (χ1) is 14.1. The van der Waals surface area contributed by atoms with E-state index in [2.05, 4.69) is 4.98 Å². The summed E-state index contributed by atoms with van der Waals surface area (Å²) in [5.74, 6) is -3.69. The number of benzene rings is 2. The number of oxazole rings is 1. The first-order valence-electron chi connectivity index (χ1n) is 9.26. The molecule has 1 aromatic heterocycles. The number of aliphatic hydroxyl groups excluding tert-OH is 1. The van der Waals surface area contributed by atoms with E-state index in [1.165, 1.54) is 12.1 Å². The average molecular weight is 430 g/mol. The van der Waals surface area contributed by atoms with E-state index in [0.717, 1.165) is 6.26 Å². The molecule has 0 saturated heterocycles. The van der Waals surface area contributed by atoms with Crippen molar-refractivity contribution < 1.29 is 27.5 Å². The summed E-state index contributed by atoms with van der Waals surface area (Å²) in [5.41, 5.74) is 6.21. The third-order valence-electron chi connectivity index (χ3n) is 5.26. The molecule has 3 atom stereocenters. The van der Waals surface area contributed by atoms with Crippen molar-refractivity contribution in [1.82, 2.24) is 4.98 Å². The molecule has 158 valence electrons. The van der Waals surface area contributed by atoms with Crippen LogP contribution in [0.2, 0.25) is 0 Å². The molecule has 9 heteroatoms. The highest BCUT2D eigenvalue weighted by Crippen LogP contribution is 2.44. The Bertz CT molecular complexity index is 1160. The van der Waals surface area contributed by atoms with Crippen LogP contribution in [0.1, 0.15) is 29.6 Å². The number of hydrogen-bond acceptors (Lipinski definition) is 7. The predicted octanol–water partition coefficient (Wildman–Crippen LogP) is 1.82. The second-order valence-electron chi connectivity index (χ2n) is 7.05. The minimum absolute atomic E-state index is 0.0239. The number of nitrogens with zero attached hydrogens (tertiary/aromatic N) is 1. The van der Waals surface area contributed by atoms with Crippen LogP contribution in [0.4, 0.5) is 0 Å². The van der Waals surface area contributed by atoms with E-state index in [-0.39, 0.29) is 17.9 Å². The minimum Gasteiger partial charge on any atom is -0.434 e. The molecule has 0 saturated carbocycles. The van der Waals surface area contributed by atoms with E-state index in [1.54, 1.807) is 49.4 Å². The van der Waals surface area contributed by atoms with Crippen molar-refractivity contribution in [2.45, 2.75) is 24.2 Å². The molecular formula is C21H22N2O6S. The summed E-state index contributed by atoms with van der Waals surface area (Å²) < 4.78 is 29.5. The van der Waals surface area contributed by atoms with Gasteiger partial charge in [-0.15, -0.1) is 0 Å². The molecule has 30 heavy (non-hydrogen) atoms. The summed E-state index contributed by atoms with van der Waals surface area (Å²) in [5, 5.41) is 10.8. The molecule has 3 rings (SSSR count). The second kappa shape index (κ2) is 8.00. The fourth-order valence-corrected chi connectivity index (χ4v) is 5.82. The number of ketones is 1. The van der Waals surface area contributed by atoms with Gasteiger partial charge >= 0.3 is 0 Å². The van der Waals surface area contributed by atoms with Gasteiger partial charge in [-0.2, -0.15) is 0 Å². The Hall–Kier alpha value is -3.04. The molecule has 1 amide bonds. The molecule has 0 spiro atoms. The first-order valence-corrected chi connectivity index (χ1v) is 11.2. The first kappa shape index (κ1) is 21.7. The normalized spacial score (nSPS) is 16.0. The number of hydrogen-bond donors (Lipinski definition) is 2. The summed E-state index contributed by atoms with van der Waals surface area (Å²) in [6.45, 7) is 1.59. The Kier molecular flexibility index (Phi) is 5.78. The molecule has 0 bridgehead atoms. The van der Waals surface area contributed by atoms with Crippen molar-refractivity contribution in [2.24, 2.45) is 11.7 Å². The highest BCUT2D eigenvalue weighted by atomic mass is 32.2. The van der Waals surface area contributed by atoms with Gasteiger partial charge in [0.05, 0.1) is 5.92 Å². The molecule has 8 nitrogen and oxygen atoms in total. The van der Waals surface area contributed by atoms with Gasteiger partial charge in [0.1, 0.15) is 10.3 Å². The number of sulfone groups is 1. The lowest BCUT2D eigenvalue weighted by Gasteiger charge is -2.40. The molecule has 1 heterocycles. The van der Waals surface area contributed by atoms with Crippen LogP contribution in [0.15, 0.2) is 59.0 Å². The van der Waals surface area contributed by atoms with Crippen LogP contribution in [-0.2, 0) is 19.4 Å². The summed E-state index contributed by atoms with van der Waals surface area (Å²) in [7, 11) is -4.26. The monoisotopic (exact) mass is 430 g/mol. The van der Waals surface area contributed by atoms with Gasteiger partial charge in [-0.05, 0) is 24.1 Å². The molecule has 0 radical (unpaired) electrons. The van der Waals surface area contributed by atoms with E-state index < -0.39 is 38.3 Å². The van der Waals surface area contributed by atoms with Crippen LogP contribution in [-0.4, -0.2) is 42.6 Å². The fourth-order valence-electron chi connectivity index (χ4n) is 3.94. The van der Waals surface area contributed by atoms with Crippen LogP contribution in [0, 0.1) is 5.92 Å². The van der Waals surface area contributed by atoms with Gasteiger partial charge in [0.15, 0.2) is 21.5 Å². The third-order valence-corrected chi connectivity index (χ3v) is 7.23. The number of aromatic nitrogens is 1. The summed E-state index contributed by atoms with van der Waals surface area (Å²) >= 11 is 0. The summed E-state index contributed by atoms with van der Waals surface area (Å²) in [6, 6.07) is 14.3. The third kappa shape index (κ3) is 3.40. The highest BCUT2D eigenvalue weighted by molar-refractivity contribution is 7.91. The van der Waals surface area contributed by atoms with Crippen LogP contribution in [0.25, 0.3) is 11.1 Å². The maximum atomic E-state index is 13.5. The number of carbonyl (C=O) groups is 2. The summed E-state index contributed by atoms with van der Waals surface area (Å²) in [4.78, 5) is 29.7. The molecule has 0 aliphatic carbocycles. The number of rotatable bonds is 8.